The Hall–Kier alpha value is -2.54. The molecule has 1 aromatic carbocycles. The summed E-state index contributed by atoms with van der Waals surface area (Å²) in [6.07, 6.45) is 3.28. The first-order valence-corrected chi connectivity index (χ1v) is 8.78. The van der Waals surface area contributed by atoms with Gasteiger partial charge in [0.1, 0.15) is 5.82 Å². The molecule has 6 nitrogen and oxygen atoms in total. The van der Waals surface area contributed by atoms with Crippen LogP contribution in [0.15, 0.2) is 41.5 Å². The number of aromatic amines is 1. The van der Waals surface area contributed by atoms with Crippen LogP contribution in [0.3, 0.4) is 0 Å². The molecule has 0 bridgehead atoms. The number of carbonyl (C=O) groups excluding carboxylic acids is 1. The number of H-pyrrole nitrogens is 1. The van der Waals surface area contributed by atoms with Crippen LogP contribution in [0.25, 0.3) is 0 Å². The summed E-state index contributed by atoms with van der Waals surface area (Å²) < 4.78 is 19.4. The summed E-state index contributed by atoms with van der Waals surface area (Å²) in [6, 6.07) is 8.01. The van der Waals surface area contributed by atoms with E-state index in [0.717, 1.165) is 0 Å². The molecule has 26 heavy (non-hydrogen) atoms. The number of aromatic nitrogens is 2. The Bertz CT molecular complexity index is 808. The van der Waals surface area contributed by atoms with E-state index in [4.69, 9.17) is 4.74 Å². The van der Waals surface area contributed by atoms with Crippen LogP contribution in [0.2, 0.25) is 0 Å². The number of carbonyl (C=O) groups is 1. The lowest BCUT2D eigenvalue weighted by Gasteiger charge is -2.33. The van der Waals surface area contributed by atoms with Gasteiger partial charge in [0.25, 0.3) is 5.56 Å². The van der Waals surface area contributed by atoms with E-state index in [2.05, 4.69) is 9.97 Å². The minimum Gasteiger partial charge on any atom is -0.375 e. The van der Waals surface area contributed by atoms with Gasteiger partial charge in [0.15, 0.2) is 0 Å². The van der Waals surface area contributed by atoms with E-state index in [-0.39, 0.29) is 29.8 Å². The van der Waals surface area contributed by atoms with Gasteiger partial charge in [-0.3, -0.25) is 9.59 Å². The minimum atomic E-state index is -0.273. The van der Waals surface area contributed by atoms with Crippen LogP contribution in [0.1, 0.15) is 24.1 Å². The molecule has 0 spiro atoms. The van der Waals surface area contributed by atoms with Gasteiger partial charge in [0.2, 0.25) is 5.91 Å². The molecule has 0 unspecified atom stereocenters. The van der Waals surface area contributed by atoms with E-state index in [0.29, 0.717) is 50.2 Å². The number of morpholine rings is 1. The first-order valence-electron chi connectivity index (χ1n) is 8.78. The lowest BCUT2D eigenvalue weighted by Crippen LogP contribution is -2.45. The van der Waals surface area contributed by atoms with Gasteiger partial charge in [-0.2, -0.15) is 0 Å². The maximum absolute atomic E-state index is 13.7. The van der Waals surface area contributed by atoms with Crippen molar-refractivity contribution in [1.29, 1.82) is 0 Å². The average Bonchev–Trinajstić information content (AvgIpc) is 2.66. The predicted octanol–water partition coefficient (Wildman–Crippen LogP) is 1.70. The standard InChI is InChI=1S/C19H22FN3O3/c20-17-4-2-1-3-14(17)5-8-19(25)23-9-10-26-16(12-23)7-6-15-11-18(24)22-13-21-15/h1-4,11,13,16H,5-10,12H2,(H,21,22,24)/t16-/m0/s1. The number of halogens is 1. The Morgan fingerprint density at radius 1 is 1.35 bits per heavy atom. The second-order valence-corrected chi connectivity index (χ2v) is 6.37. The van der Waals surface area contributed by atoms with Gasteiger partial charge in [-0.15, -0.1) is 0 Å². The number of ether oxygens (including phenoxy) is 1. The second-order valence-electron chi connectivity index (χ2n) is 6.37. The fourth-order valence-corrected chi connectivity index (χ4v) is 3.08. The normalized spacial score (nSPS) is 17.3. The Morgan fingerprint density at radius 3 is 3.00 bits per heavy atom. The number of hydrogen-bond donors (Lipinski definition) is 1. The van der Waals surface area contributed by atoms with Crippen LogP contribution >= 0.6 is 0 Å². The lowest BCUT2D eigenvalue weighted by atomic mass is 10.1. The molecule has 1 N–H and O–H groups in total. The van der Waals surface area contributed by atoms with E-state index in [1.807, 2.05) is 0 Å². The monoisotopic (exact) mass is 359 g/mol. The molecule has 0 saturated carbocycles. The average molecular weight is 359 g/mol. The van der Waals surface area contributed by atoms with Gasteiger partial charge in [0.05, 0.1) is 19.0 Å². The fourth-order valence-electron chi connectivity index (χ4n) is 3.08. The van der Waals surface area contributed by atoms with Gasteiger partial charge >= 0.3 is 0 Å². The molecule has 138 valence electrons. The number of amides is 1. The molecule has 7 heteroatoms. The molecule has 1 amide bonds. The zero-order valence-corrected chi connectivity index (χ0v) is 14.5. The fraction of sp³-hybridized carbons (Fsp3) is 0.421. The SMILES string of the molecule is O=C(CCc1ccccc1F)N1CCO[C@@H](CCc2cc(=O)[nH]cn2)C1. The van der Waals surface area contributed by atoms with Crippen LogP contribution in [-0.4, -0.2) is 46.6 Å². The van der Waals surface area contributed by atoms with Crippen molar-refractivity contribution in [3.8, 4) is 0 Å². The van der Waals surface area contributed by atoms with Crippen molar-refractivity contribution in [3.05, 3.63) is 64.1 Å². The highest BCUT2D eigenvalue weighted by Gasteiger charge is 2.24. The highest BCUT2D eigenvalue weighted by molar-refractivity contribution is 5.76. The topological polar surface area (TPSA) is 75.3 Å². The Labute approximate surface area is 151 Å². The van der Waals surface area contributed by atoms with Crippen molar-refractivity contribution in [2.24, 2.45) is 0 Å². The largest absolute Gasteiger partial charge is 0.375 e. The summed E-state index contributed by atoms with van der Waals surface area (Å²) in [5, 5.41) is 0. The smallest absolute Gasteiger partial charge is 0.250 e. The van der Waals surface area contributed by atoms with E-state index >= 15 is 0 Å². The molecule has 0 radical (unpaired) electrons. The third-order valence-corrected chi connectivity index (χ3v) is 4.51. The van der Waals surface area contributed by atoms with Crippen molar-refractivity contribution < 1.29 is 13.9 Å². The van der Waals surface area contributed by atoms with Crippen molar-refractivity contribution in [1.82, 2.24) is 14.9 Å². The Kier molecular flexibility index (Phi) is 6.12. The molecule has 1 atom stereocenters. The molecule has 1 fully saturated rings. The number of rotatable bonds is 6. The Balaban J connectivity index is 1.48. The van der Waals surface area contributed by atoms with Crippen molar-refractivity contribution in [2.75, 3.05) is 19.7 Å². The summed E-state index contributed by atoms with van der Waals surface area (Å²) in [5.41, 5.74) is 1.09. The van der Waals surface area contributed by atoms with E-state index < -0.39 is 0 Å². The zero-order valence-electron chi connectivity index (χ0n) is 14.5. The predicted molar refractivity (Wildman–Crippen MR) is 94.2 cm³/mol. The quantitative estimate of drug-likeness (QED) is 0.852. The van der Waals surface area contributed by atoms with Gasteiger partial charge in [0, 0.05) is 31.3 Å². The molecule has 2 heterocycles. The number of hydrogen-bond acceptors (Lipinski definition) is 4. The van der Waals surface area contributed by atoms with E-state index in [1.54, 1.807) is 23.1 Å². The van der Waals surface area contributed by atoms with Crippen LogP contribution in [-0.2, 0) is 22.4 Å². The van der Waals surface area contributed by atoms with Gasteiger partial charge < -0.3 is 14.6 Å². The van der Waals surface area contributed by atoms with Crippen molar-refractivity contribution in [3.63, 3.8) is 0 Å². The van der Waals surface area contributed by atoms with Crippen molar-refractivity contribution >= 4 is 5.91 Å². The summed E-state index contributed by atoms with van der Waals surface area (Å²) in [5.74, 6) is -0.263. The van der Waals surface area contributed by atoms with Crippen LogP contribution < -0.4 is 5.56 Å². The first kappa shape index (κ1) is 18.3. The highest BCUT2D eigenvalue weighted by Crippen LogP contribution is 2.14. The number of benzene rings is 1. The molecule has 0 aliphatic carbocycles. The van der Waals surface area contributed by atoms with E-state index in [1.165, 1.54) is 18.5 Å². The first-order chi connectivity index (χ1) is 12.6. The van der Waals surface area contributed by atoms with Crippen LogP contribution in [0.5, 0.6) is 0 Å². The van der Waals surface area contributed by atoms with Gasteiger partial charge in [-0.05, 0) is 30.9 Å². The third-order valence-electron chi connectivity index (χ3n) is 4.51. The second kappa shape index (κ2) is 8.71. The van der Waals surface area contributed by atoms with Crippen molar-refractivity contribution in [2.45, 2.75) is 31.8 Å². The third kappa shape index (κ3) is 4.98. The van der Waals surface area contributed by atoms with Crippen LogP contribution in [0, 0.1) is 5.82 Å². The minimum absolute atomic E-state index is 0.0100. The molecular formula is C19H22FN3O3. The zero-order chi connectivity index (χ0) is 18.4. The highest BCUT2D eigenvalue weighted by atomic mass is 19.1. The van der Waals surface area contributed by atoms with Gasteiger partial charge in [-0.1, -0.05) is 18.2 Å². The van der Waals surface area contributed by atoms with Crippen LogP contribution in [0.4, 0.5) is 4.39 Å². The summed E-state index contributed by atoms with van der Waals surface area (Å²) in [4.78, 5) is 32.1. The Morgan fingerprint density at radius 2 is 2.19 bits per heavy atom. The molecule has 2 aromatic rings. The maximum atomic E-state index is 13.7. The molecule has 3 rings (SSSR count). The number of nitrogens with one attached hydrogen (secondary N) is 1. The summed E-state index contributed by atoms with van der Waals surface area (Å²) in [6.45, 7) is 1.55. The van der Waals surface area contributed by atoms with E-state index in [9.17, 15) is 14.0 Å². The van der Waals surface area contributed by atoms with Gasteiger partial charge in [-0.25, -0.2) is 9.37 Å². The molecule has 1 aromatic heterocycles. The molecule has 1 saturated heterocycles. The lowest BCUT2D eigenvalue weighted by molar-refractivity contribution is -0.138. The summed E-state index contributed by atoms with van der Waals surface area (Å²) >= 11 is 0. The molecule has 1 aliphatic rings. The molecule has 1 aliphatic heterocycles. The number of aryl methyl sites for hydroxylation is 2. The maximum Gasteiger partial charge on any atom is 0.250 e. The molecular weight excluding hydrogens is 337 g/mol. The number of nitrogens with zero attached hydrogens (tertiary/aromatic N) is 2. The summed E-state index contributed by atoms with van der Waals surface area (Å²) in [7, 11) is 0.